The molecule has 3 saturated carbocycles. The van der Waals surface area contributed by atoms with Gasteiger partial charge in [-0.3, -0.25) is 4.79 Å². The zero-order valence-corrected chi connectivity index (χ0v) is 16.8. The Hall–Kier alpha value is -1.50. The number of hydrogen-bond donors (Lipinski definition) is 2. The average Bonchev–Trinajstić information content (AvgIpc) is 3.25. The van der Waals surface area contributed by atoms with E-state index in [2.05, 4.69) is 5.32 Å². The van der Waals surface area contributed by atoms with Crippen molar-refractivity contribution in [3.63, 3.8) is 0 Å². The standard InChI is InChI=1S/C21H24ClF4NO2/c1-11-6-12(9-21(11,25)26)18(29)27-17(14-7-13(28)8-15(22)16(14)23)19-2-4-20(24,10-19)5-3-19/h7-8,11-12,17,28H,2-6,9-10H2,1H3,(H,27,29)/t11-,12-,17-,19?,20?/m1/s1. The second-order valence-corrected chi connectivity index (χ2v) is 9.67. The van der Waals surface area contributed by atoms with Crippen LogP contribution in [0.1, 0.15) is 63.5 Å². The predicted octanol–water partition coefficient (Wildman–Crippen LogP) is 5.70. The minimum Gasteiger partial charge on any atom is -0.508 e. The van der Waals surface area contributed by atoms with Crippen LogP contribution in [0.5, 0.6) is 5.75 Å². The second kappa shape index (κ2) is 6.76. The Labute approximate surface area is 171 Å². The number of fused-ring (bicyclic) bond motifs is 2. The van der Waals surface area contributed by atoms with Crippen molar-refractivity contribution < 1.29 is 27.5 Å². The molecule has 160 valence electrons. The lowest BCUT2D eigenvalue weighted by Crippen LogP contribution is -2.42. The van der Waals surface area contributed by atoms with Gasteiger partial charge in [0, 0.05) is 29.9 Å². The predicted molar refractivity (Wildman–Crippen MR) is 100 cm³/mol. The molecule has 2 bridgehead atoms. The summed E-state index contributed by atoms with van der Waals surface area (Å²) in [6.07, 6.45) is 1.15. The van der Waals surface area contributed by atoms with Crippen LogP contribution in [0.4, 0.5) is 17.6 Å². The molecule has 3 nitrogen and oxygen atoms in total. The number of phenols is 1. The molecule has 3 fully saturated rings. The van der Waals surface area contributed by atoms with Crippen molar-refractivity contribution in [3.05, 3.63) is 28.5 Å². The van der Waals surface area contributed by atoms with Crippen molar-refractivity contribution >= 4 is 17.5 Å². The number of carbonyl (C=O) groups excluding carboxylic acids is 1. The fourth-order valence-corrected chi connectivity index (χ4v) is 5.83. The first kappa shape index (κ1) is 20.8. The Balaban J connectivity index is 1.68. The van der Waals surface area contributed by atoms with Crippen molar-refractivity contribution in [2.45, 2.75) is 69.5 Å². The number of phenolic OH excluding ortho intramolecular Hbond substituents is 1. The summed E-state index contributed by atoms with van der Waals surface area (Å²) in [7, 11) is 0. The molecule has 8 heteroatoms. The molecule has 0 aliphatic heterocycles. The fraction of sp³-hybridized carbons (Fsp3) is 0.667. The molecule has 0 radical (unpaired) electrons. The van der Waals surface area contributed by atoms with Gasteiger partial charge in [0.2, 0.25) is 5.91 Å². The van der Waals surface area contributed by atoms with E-state index in [0.717, 1.165) is 6.07 Å². The number of alkyl halides is 3. The molecule has 3 aliphatic rings. The summed E-state index contributed by atoms with van der Waals surface area (Å²) in [5, 5.41) is 12.4. The number of halogens is 5. The highest BCUT2D eigenvalue weighted by Crippen LogP contribution is 2.63. The van der Waals surface area contributed by atoms with Crippen LogP contribution in [0.2, 0.25) is 5.02 Å². The Morgan fingerprint density at radius 2 is 1.90 bits per heavy atom. The molecule has 2 N–H and O–H groups in total. The molecule has 0 spiro atoms. The number of amides is 1. The van der Waals surface area contributed by atoms with Gasteiger partial charge >= 0.3 is 0 Å². The highest BCUT2D eigenvalue weighted by Gasteiger charge is 2.59. The summed E-state index contributed by atoms with van der Waals surface area (Å²) in [6.45, 7) is 1.41. The summed E-state index contributed by atoms with van der Waals surface area (Å²) < 4.78 is 57.7. The number of carbonyl (C=O) groups is 1. The lowest BCUT2D eigenvalue weighted by molar-refractivity contribution is -0.127. The second-order valence-electron chi connectivity index (χ2n) is 9.26. The molecule has 0 aromatic heterocycles. The van der Waals surface area contributed by atoms with Crippen LogP contribution in [0.25, 0.3) is 0 Å². The van der Waals surface area contributed by atoms with Crippen LogP contribution in [-0.4, -0.2) is 22.6 Å². The average molecular weight is 434 g/mol. The van der Waals surface area contributed by atoms with Gasteiger partial charge in [-0.25, -0.2) is 17.6 Å². The highest BCUT2D eigenvalue weighted by atomic mass is 35.5. The Kier molecular flexibility index (Phi) is 4.84. The Morgan fingerprint density at radius 3 is 2.41 bits per heavy atom. The van der Waals surface area contributed by atoms with Crippen molar-refractivity contribution in [1.29, 1.82) is 0 Å². The number of benzene rings is 1. The molecule has 4 rings (SSSR count). The zero-order chi connectivity index (χ0) is 21.2. The number of hydrogen-bond acceptors (Lipinski definition) is 2. The molecule has 1 amide bonds. The SMILES string of the molecule is C[C@@H]1C[C@@H](C(=O)N[C@H](c2cc(O)cc(Cl)c2F)C23CCC(F)(CC2)C3)CC1(F)F. The first-order chi connectivity index (χ1) is 13.4. The van der Waals surface area contributed by atoms with Gasteiger partial charge in [0.1, 0.15) is 17.2 Å². The van der Waals surface area contributed by atoms with Gasteiger partial charge in [-0.05, 0) is 50.0 Å². The van der Waals surface area contributed by atoms with E-state index in [0.29, 0.717) is 25.7 Å². The quantitative estimate of drug-likeness (QED) is 0.599. The van der Waals surface area contributed by atoms with Crippen LogP contribution in [0, 0.1) is 23.1 Å². The number of nitrogens with one attached hydrogen (secondary N) is 1. The Morgan fingerprint density at radius 1 is 1.24 bits per heavy atom. The molecule has 1 aromatic carbocycles. The molecular weight excluding hydrogens is 410 g/mol. The maximum Gasteiger partial charge on any atom is 0.251 e. The molecule has 29 heavy (non-hydrogen) atoms. The molecular formula is C21H24ClF4NO2. The largest absolute Gasteiger partial charge is 0.508 e. The number of rotatable bonds is 4. The first-order valence-corrected chi connectivity index (χ1v) is 10.4. The van der Waals surface area contributed by atoms with E-state index in [1.165, 1.54) is 13.0 Å². The third kappa shape index (κ3) is 3.49. The van der Waals surface area contributed by atoms with E-state index in [9.17, 15) is 27.5 Å². The summed E-state index contributed by atoms with van der Waals surface area (Å²) in [5.74, 6) is -6.39. The zero-order valence-electron chi connectivity index (χ0n) is 16.1. The summed E-state index contributed by atoms with van der Waals surface area (Å²) >= 11 is 5.90. The van der Waals surface area contributed by atoms with Crippen LogP contribution < -0.4 is 5.32 Å². The lowest BCUT2D eigenvalue weighted by Gasteiger charge is -2.37. The molecule has 0 heterocycles. The molecule has 3 atom stereocenters. The van der Waals surface area contributed by atoms with Crippen LogP contribution >= 0.6 is 11.6 Å². The van der Waals surface area contributed by atoms with Gasteiger partial charge in [0.25, 0.3) is 5.92 Å². The highest BCUT2D eigenvalue weighted by molar-refractivity contribution is 6.31. The van der Waals surface area contributed by atoms with Gasteiger partial charge in [-0.2, -0.15) is 0 Å². The van der Waals surface area contributed by atoms with E-state index in [-0.39, 0.29) is 29.2 Å². The molecule has 0 saturated heterocycles. The Bertz CT molecular complexity index is 838. The van der Waals surface area contributed by atoms with Gasteiger partial charge in [0.05, 0.1) is 11.1 Å². The van der Waals surface area contributed by atoms with E-state index < -0.39 is 53.0 Å². The third-order valence-electron chi connectivity index (χ3n) is 7.31. The van der Waals surface area contributed by atoms with Crippen molar-refractivity contribution in [2.75, 3.05) is 0 Å². The van der Waals surface area contributed by atoms with Crippen molar-refractivity contribution in [3.8, 4) is 5.75 Å². The number of aromatic hydroxyl groups is 1. The van der Waals surface area contributed by atoms with Gasteiger partial charge < -0.3 is 10.4 Å². The maximum atomic E-state index is 14.9. The maximum absolute atomic E-state index is 14.9. The van der Waals surface area contributed by atoms with Crippen LogP contribution in [-0.2, 0) is 4.79 Å². The van der Waals surface area contributed by atoms with Gasteiger partial charge in [-0.15, -0.1) is 0 Å². The van der Waals surface area contributed by atoms with Crippen LogP contribution in [0.3, 0.4) is 0 Å². The molecule has 0 unspecified atom stereocenters. The first-order valence-electron chi connectivity index (χ1n) is 10.00. The smallest absolute Gasteiger partial charge is 0.251 e. The third-order valence-corrected chi connectivity index (χ3v) is 7.59. The lowest BCUT2D eigenvalue weighted by atomic mass is 9.74. The molecule has 3 aliphatic carbocycles. The van der Waals surface area contributed by atoms with Gasteiger partial charge in [0.15, 0.2) is 0 Å². The fourth-order valence-electron chi connectivity index (χ4n) is 5.61. The summed E-state index contributed by atoms with van der Waals surface area (Å²) in [5.41, 5.74) is -2.10. The van der Waals surface area contributed by atoms with E-state index >= 15 is 0 Å². The normalized spacial score (nSPS) is 36.3. The minimum absolute atomic E-state index is 0.0210. The van der Waals surface area contributed by atoms with Crippen molar-refractivity contribution in [2.24, 2.45) is 17.3 Å². The van der Waals surface area contributed by atoms with Crippen LogP contribution in [0.15, 0.2) is 12.1 Å². The topological polar surface area (TPSA) is 49.3 Å². The molecule has 1 aromatic rings. The monoisotopic (exact) mass is 433 g/mol. The van der Waals surface area contributed by atoms with Gasteiger partial charge in [-0.1, -0.05) is 18.5 Å². The van der Waals surface area contributed by atoms with E-state index in [1.54, 1.807) is 0 Å². The van der Waals surface area contributed by atoms with Crippen molar-refractivity contribution in [1.82, 2.24) is 5.32 Å². The summed E-state index contributed by atoms with van der Waals surface area (Å²) in [6, 6.07) is 1.30. The minimum atomic E-state index is -2.93. The summed E-state index contributed by atoms with van der Waals surface area (Å²) in [4.78, 5) is 12.9. The van der Waals surface area contributed by atoms with E-state index in [4.69, 9.17) is 11.6 Å². The van der Waals surface area contributed by atoms with E-state index in [1.807, 2.05) is 0 Å².